The summed E-state index contributed by atoms with van der Waals surface area (Å²) >= 11 is 3.14. The minimum atomic E-state index is 0.417. The lowest BCUT2D eigenvalue weighted by molar-refractivity contribution is 0.299. The third-order valence-electron chi connectivity index (χ3n) is 1.99. The van der Waals surface area contributed by atoms with Crippen LogP contribution < -0.4 is 4.74 Å². The van der Waals surface area contributed by atoms with Gasteiger partial charge in [0, 0.05) is 15.9 Å². The molecule has 4 heteroatoms. The van der Waals surface area contributed by atoms with Gasteiger partial charge in [0.25, 0.3) is 4.80 Å². The van der Waals surface area contributed by atoms with E-state index < -0.39 is 0 Å². The maximum Gasteiger partial charge on any atom is 0.264 e. The molecule has 0 aliphatic rings. The van der Waals surface area contributed by atoms with Gasteiger partial charge >= 0.3 is 0 Å². The Bertz CT molecular complexity index is 453. The second-order valence-corrected chi connectivity index (χ2v) is 3.82. The summed E-state index contributed by atoms with van der Waals surface area (Å²) < 4.78 is 10.6. The minimum Gasteiger partial charge on any atom is -0.487 e. The molecule has 3 nitrogen and oxygen atoms in total. The van der Waals surface area contributed by atoms with E-state index in [1.54, 1.807) is 6.26 Å². The molecule has 1 aromatic carbocycles. The van der Waals surface area contributed by atoms with Crippen LogP contribution in [0.15, 0.2) is 39.7 Å². The van der Waals surface area contributed by atoms with Crippen molar-refractivity contribution >= 4 is 15.9 Å². The van der Waals surface area contributed by atoms with Crippen molar-refractivity contribution in [3.05, 3.63) is 46.6 Å². The van der Waals surface area contributed by atoms with Crippen molar-refractivity contribution in [2.45, 2.75) is 13.5 Å². The van der Waals surface area contributed by atoms with Gasteiger partial charge in [-0.2, -0.15) is 0 Å². The van der Waals surface area contributed by atoms with Crippen molar-refractivity contribution in [3.8, 4) is 5.75 Å². The van der Waals surface area contributed by atoms with Crippen molar-refractivity contribution in [1.82, 2.24) is 4.98 Å². The molecule has 0 spiro atoms. The molecule has 78 valence electrons. The number of hydrogen-bond donors (Lipinski definition) is 0. The smallest absolute Gasteiger partial charge is 0.264 e. The maximum absolute atomic E-state index is 5.59. The molecule has 1 aromatic heterocycles. The molecule has 0 saturated carbocycles. The van der Waals surface area contributed by atoms with Crippen LogP contribution in [0.25, 0.3) is 0 Å². The highest BCUT2D eigenvalue weighted by Gasteiger charge is 2.03. The lowest BCUT2D eigenvalue weighted by atomic mass is 10.2. The molecular formula is C11H10BrNO2. The molecule has 0 amide bonds. The van der Waals surface area contributed by atoms with E-state index in [-0.39, 0.29) is 0 Å². The van der Waals surface area contributed by atoms with Crippen LogP contribution in [0.4, 0.5) is 0 Å². The lowest BCUT2D eigenvalue weighted by Gasteiger charge is -2.06. The van der Waals surface area contributed by atoms with Gasteiger partial charge in [0.2, 0.25) is 0 Å². The van der Waals surface area contributed by atoms with Gasteiger partial charge in [0.05, 0.1) is 0 Å². The van der Waals surface area contributed by atoms with Crippen LogP contribution in [0, 0.1) is 6.92 Å². The van der Waals surface area contributed by atoms with Crippen molar-refractivity contribution in [1.29, 1.82) is 0 Å². The highest BCUT2D eigenvalue weighted by molar-refractivity contribution is 9.10. The molecule has 0 unspecified atom stereocenters. The normalized spacial score (nSPS) is 10.3. The van der Waals surface area contributed by atoms with Crippen molar-refractivity contribution in [3.63, 3.8) is 0 Å². The van der Waals surface area contributed by atoms with Crippen molar-refractivity contribution < 1.29 is 9.15 Å². The maximum atomic E-state index is 5.59. The third-order valence-corrected chi connectivity index (χ3v) is 2.36. The van der Waals surface area contributed by atoms with Crippen molar-refractivity contribution in [2.24, 2.45) is 0 Å². The number of benzene rings is 1. The number of rotatable bonds is 3. The molecule has 2 aromatic rings. The minimum absolute atomic E-state index is 0.417. The van der Waals surface area contributed by atoms with Gasteiger partial charge in [0.1, 0.15) is 24.3 Å². The zero-order valence-corrected chi connectivity index (χ0v) is 9.82. The average molecular weight is 268 g/mol. The number of ether oxygens (including phenoxy) is 1. The van der Waals surface area contributed by atoms with Gasteiger partial charge in [-0.05, 0) is 18.6 Å². The Kier molecular flexibility index (Phi) is 3.06. The zero-order valence-electron chi connectivity index (χ0n) is 8.24. The first-order chi connectivity index (χ1) is 7.25. The standard InChI is InChI=1S/C11H10BrNO2/c1-8-4-2-3-5-10(8)14-6-9-7-15-11(12)13-9/h2-5,7H,6H2,1H3. The molecule has 0 bridgehead atoms. The summed E-state index contributed by atoms with van der Waals surface area (Å²) in [5.41, 5.74) is 1.88. The number of aryl methyl sites for hydroxylation is 1. The van der Waals surface area contributed by atoms with Crippen LogP contribution >= 0.6 is 15.9 Å². The highest BCUT2D eigenvalue weighted by atomic mass is 79.9. The predicted octanol–water partition coefficient (Wildman–Crippen LogP) is 3.32. The first-order valence-corrected chi connectivity index (χ1v) is 5.33. The molecule has 0 radical (unpaired) electrons. The Balaban J connectivity index is 2.02. The van der Waals surface area contributed by atoms with Gasteiger partial charge in [-0.1, -0.05) is 18.2 Å². The van der Waals surface area contributed by atoms with E-state index in [4.69, 9.17) is 9.15 Å². The van der Waals surface area contributed by atoms with Crippen LogP contribution in [0.3, 0.4) is 0 Å². The Morgan fingerprint density at radius 2 is 2.20 bits per heavy atom. The molecule has 0 N–H and O–H groups in total. The molecular weight excluding hydrogens is 258 g/mol. The Morgan fingerprint density at radius 3 is 2.87 bits per heavy atom. The summed E-state index contributed by atoms with van der Waals surface area (Å²) in [4.78, 5) is 4.56. The molecule has 0 fully saturated rings. The fourth-order valence-corrected chi connectivity index (χ4v) is 1.54. The summed E-state index contributed by atoms with van der Waals surface area (Å²) in [6.07, 6.45) is 1.57. The van der Waals surface area contributed by atoms with E-state index in [1.165, 1.54) is 0 Å². The lowest BCUT2D eigenvalue weighted by Crippen LogP contribution is -1.96. The van der Waals surface area contributed by atoms with E-state index in [0.717, 1.165) is 17.0 Å². The second kappa shape index (κ2) is 4.49. The van der Waals surface area contributed by atoms with E-state index in [9.17, 15) is 0 Å². The van der Waals surface area contributed by atoms with E-state index in [1.807, 2.05) is 31.2 Å². The molecule has 15 heavy (non-hydrogen) atoms. The first-order valence-electron chi connectivity index (χ1n) is 4.54. The number of halogens is 1. The van der Waals surface area contributed by atoms with Gasteiger partial charge in [-0.25, -0.2) is 4.98 Å². The molecule has 2 rings (SSSR count). The van der Waals surface area contributed by atoms with E-state index >= 15 is 0 Å². The largest absolute Gasteiger partial charge is 0.487 e. The van der Waals surface area contributed by atoms with Crippen LogP contribution in [0.5, 0.6) is 5.75 Å². The monoisotopic (exact) mass is 267 g/mol. The summed E-state index contributed by atoms with van der Waals surface area (Å²) in [5.74, 6) is 0.872. The van der Waals surface area contributed by atoms with Crippen molar-refractivity contribution in [2.75, 3.05) is 0 Å². The highest BCUT2D eigenvalue weighted by Crippen LogP contribution is 2.18. The van der Waals surface area contributed by atoms with Crippen LogP contribution in [-0.2, 0) is 6.61 Å². The zero-order chi connectivity index (χ0) is 10.7. The van der Waals surface area contributed by atoms with Gasteiger partial charge in [0.15, 0.2) is 0 Å². The molecule has 0 atom stereocenters. The van der Waals surface area contributed by atoms with E-state index in [0.29, 0.717) is 11.4 Å². The Morgan fingerprint density at radius 1 is 1.40 bits per heavy atom. The third kappa shape index (κ3) is 2.59. The topological polar surface area (TPSA) is 35.3 Å². The van der Waals surface area contributed by atoms with Crippen LogP contribution in [-0.4, -0.2) is 4.98 Å². The SMILES string of the molecule is Cc1ccccc1OCc1coc(Br)n1. The number of aromatic nitrogens is 1. The Hall–Kier alpha value is -1.29. The summed E-state index contributed by atoms with van der Waals surface area (Å²) in [7, 11) is 0. The van der Waals surface area contributed by atoms with Crippen LogP contribution in [0.1, 0.15) is 11.3 Å². The van der Waals surface area contributed by atoms with Crippen LogP contribution in [0.2, 0.25) is 0 Å². The van der Waals surface area contributed by atoms with Gasteiger partial charge in [-0.15, -0.1) is 0 Å². The number of nitrogens with zero attached hydrogens (tertiary/aromatic N) is 1. The van der Waals surface area contributed by atoms with E-state index in [2.05, 4.69) is 20.9 Å². The fourth-order valence-electron chi connectivity index (χ4n) is 1.22. The molecule has 0 aliphatic heterocycles. The summed E-state index contributed by atoms with van der Waals surface area (Å²) in [5, 5.41) is 0. The molecule has 0 saturated heterocycles. The number of hydrogen-bond acceptors (Lipinski definition) is 3. The number of oxazole rings is 1. The molecule has 1 heterocycles. The summed E-state index contributed by atoms with van der Waals surface area (Å²) in [6.45, 7) is 2.42. The summed E-state index contributed by atoms with van der Waals surface area (Å²) in [6, 6.07) is 7.87. The predicted molar refractivity (Wildman–Crippen MR) is 59.7 cm³/mol. The second-order valence-electron chi connectivity index (χ2n) is 3.15. The quantitative estimate of drug-likeness (QED) is 0.856. The number of para-hydroxylation sites is 1. The molecule has 0 aliphatic carbocycles. The fraction of sp³-hybridized carbons (Fsp3) is 0.182. The Labute approximate surface area is 96.2 Å². The first kappa shape index (κ1) is 10.2. The average Bonchev–Trinajstić information content (AvgIpc) is 2.63. The van der Waals surface area contributed by atoms with Gasteiger partial charge < -0.3 is 9.15 Å². The van der Waals surface area contributed by atoms with Gasteiger partial charge in [-0.3, -0.25) is 0 Å².